The fourth-order valence-electron chi connectivity index (χ4n) is 1.17. The second-order valence-electron chi connectivity index (χ2n) is 4.24. The molecule has 0 aromatic heterocycles. The van der Waals surface area contributed by atoms with Gasteiger partial charge in [-0.3, -0.25) is 4.79 Å². The second-order valence-corrected chi connectivity index (χ2v) is 4.24. The summed E-state index contributed by atoms with van der Waals surface area (Å²) in [5, 5.41) is 0. The number of carbonyl (C=O) groups excluding carboxylic acids is 1. The van der Waals surface area contributed by atoms with Gasteiger partial charge in [-0.15, -0.1) is 0 Å². The number of carbonyl (C=O) groups is 1. The van der Waals surface area contributed by atoms with Crippen LogP contribution < -0.4 is 0 Å². The third kappa shape index (κ3) is 11.1. The summed E-state index contributed by atoms with van der Waals surface area (Å²) >= 11 is 0. The molecule has 0 unspecified atom stereocenters. The molecular formula is C13H24O2. The van der Waals surface area contributed by atoms with Crippen LogP contribution in [0.4, 0.5) is 0 Å². The molecule has 0 aromatic carbocycles. The van der Waals surface area contributed by atoms with Crippen LogP contribution in [0.15, 0.2) is 12.2 Å². The van der Waals surface area contributed by atoms with Crippen molar-refractivity contribution in [2.45, 2.75) is 52.9 Å². The lowest BCUT2D eigenvalue weighted by Gasteiger charge is -2.01. The zero-order valence-corrected chi connectivity index (χ0v) is 10.3. The van der Waals surface area contributed by atoms with Gasteiger partial charge in [0.2, 0.25) is 0 Å². The highest BCUT2D eigenvalue weighted by molar-refractivity contribution is 5.69. The Labute approximate surface area is 93.7 Å². The van der Waals surface area contributed by atoms with Crippen LogP contribution in [0.5, 0.6) is 0 Å². The van der Waals surface area contributed by atoms with Crippen LogP contribution in [0.2, 0.25) is 0 Å². The number of allylic oxidation sites excluding steroid dienone is 1. The van der Waals surface area contributed by atoms with Gasteiger partial charge < -0.3 is 4.74 Å². The van der Waals surface area contributed by atoms with Crippen LogP contribution in [0.1, 0.15) is 52.9 Å². The normalized spacial score (nSPS) is 11.2. The quantitative estimate of drug-likeness (QED) is 0.348. The lowest BCUT2D eigenvalue weighted by Crippen LogP contribution is -2.03. The molecule has 0 radical (unpaired) electrons. The highest BCUT2D eigenvalue weighted by Gasteiger charge is 1.99. The summed E-state index contributed by atoms with van der Waals surface area (Å²) in [7, 11) is 0. The molecule has 0 aliphatic heterocycles. The Hall–Kier alpha value is -0.790. The van der Waals surface area contributed by atoms with Crippen LogP contribution in [0.3, 0.4) is 0 Å². The van der Waals surface area contributed by atoms with E-state index in [0.29, 0.717) is 18.9 Å². The molecular weight excluding hydrogens is 188 g/mol. The van der Waals surface area contributed by atoms with Gasteiger partial charge in [0.15, 0.2) is 0 Å². The van der Waals surface area contributed by atoms with Crippen molar-refractivity contribution in [3.8, 4) is 0 Å². The van der Waals surface area contributed by atoms with E-state index in [1.165, 1.54) is 0 Å². The van der Waals surface area contributed by atoms with Crippen molar-refractivity contribution in [2.75, 3.05) is 6.61 Å². The molecule has 0 bridgehead atoms. The van der Waals surface area contributed by atoms with Crippen molar-refractivity contribution >= 4 is 5.97 Å². The van der Waals surface area contributed by atoms with Crippen molar-refractivity contribution < 1.29 is 9.53 Å². The summed E-state index contributed by atoms with van der Waals surface area (Å²) in [6, 6.07) is 0. The second kappa shape index (κ2) is 9.75. The van der Waals surface area contributed by atoms with Crippen molar-refractivity contribution in [3.05, 3.63) is 12.2 Å². The SMILES string of the molecule is CCCCCC(=O)OC/C=C\CC(C)C. The van der Waals surface area contributed by atoms with Gasteiger partial charge in [-0.25, -0.2) is 0 Å². The van der Waals surface area contributed by atoms with Gasteiger partial charge in [0.25, 0.3) is 0 Å². The molecule has 0 spiro atoms. The minimum atomic E-state index is -0.0716. The first-order valence-electron chi connectivity index (χ1n) is 5.97. The Morgan fingerprint density at radius 2 is 2.00 bits per heavy atom. The molecule has 0 aliphatic carbocycles. The maximum absolute atomic E-state index is 11.2. The van der Waals surface area contributed by atoms with E-state index in [4.69, 9.17) is 4.74 Å². The zero-order valence-electron chi connectivity index (χ0n) is 10.3. The summed E-state index contributed by atoms with van der Waals surface area (Å²) in [5.74, 6) is 0.596. The van der Waals surface area contributed by atoms with Crippen molar-refractivity contribution in [1.29, 1.82) is 0 Å². The molecule has 0 rings (SSSR count). The fourth-order valence-corrected chi connectivity index (χ4v) is 1.17. The Kier molecular flexibility index (Phi) is 9.24. The number of rotatable bonds is 8. The summed E-state index contributed by atoms with van der Waals surface area (Å²) in [4.78, 5) is 11.2. The van der Waals surface area contributed by atoms with Crippen molar-refractivity contribution in [2.24, 2.45) is 5.92 Å². The van der Waals surface area contributed by atoms with Crippen LogP contribution in [-0.2, 0) is 9.53 Å². The molecule has 0 aromatic rings. The van der Waals surface area contributed by atoms with Crippen LogP contribution in [0.25, 0.3) is 0 Å². The first kappa shape index (κ1) is 14.2. The summed E-state index contributed by atoms with van der Waals surface area (Å²) in [5.41, 5.74) is 0. The van der Waals surface area contributed by atoms with Gasteiger partial charge in [-0.1, -0.05) is 45.8 Å². The van der Waals surface area contributed by atoms with E-state index in [1.54, 1.807) is 0 Å². The number of unbranched alkanes of at least 4 members (excludes halogenated alkanes) is 2. The van der Waals surface area contributed by atoms with Crippen molar-refractivity contribution in [3.63, 3.8) is 0 Å². The first-order valence-corrected chi connectivity index (χ1v) is 5.97. The molecule has 88 valence electrons. The first-order chi connectivity index (χ1) is 7.16. The van der Waals surface area contributed by atoms with E-state index in [1.807, 2.05) is 6.08 Å². The van der Waals surface area contributed by atoms with Gasteiger partial charge in [-0.05, 0) is 18.8 Å². The lowest BCUT2D eigenvalue weighted by atomic mass is 10.1. The average Bonchev–Trinajstić information content (AvgIpc) is 2.17. The molecule has 0 atom stereocenters. The fraction of sp³-hybridized carbons (Fsp3) is 0.769. The van der Waals surface area contributed by atoms with Crippen molar-refractivity contribution in [1.82, 2.24) is 0 Å². The molecule has 2 nitrogen and oxygen atoms in total. The minimum Gasteiger partial charge on any atom is -0.461 e. The van der Waals surface area contributed by atoms with Crippen LogP contribution in [0, 0.1) is 5.92 Å². The molecule has 0 saturated heterocycles. The molecule has 0 saturated carbocycles. The Morgan fingerprint density at radius 1 is 1.27 bits per heavy atom. The van der Waals surface area contributed by atoms with Crippen LogP contribution >= 0.6 is 0 Å². The zero-order chi connectivity index (χ0) is 11.5. The van der Waals surface area contributed by atoms with Gasteiger partial charge >= 0.3 is 5.97 Å². The Balaban J connectivity index is 3.34. The van der Waals surface area contributed by atoms with Crippen LogP contribution in [-0.4, -0.2) is 12.6 Å². The molecule has 0 fully saturated rings. The van der Waals surface area contributed by atoms with E-state index >= 15 is 0 Å². The monoisotopic (exact) mass is 212 g/mol. The average molecular weight is 212 g/mol. The third-order valence-electron chi connectivity index (χ3n) is 2.10. The van der Waals surface area contributed by atoms with E-state index in [2.05, 4.69) is 26.8 Å². The molecule has 0 aliphatic rings. The molecule has 0 heterocycles. The van der Waals surface area contributed by atoms with Gasteiger partial charge in [0.1, 0.15) is 6.61 Å². The van der Waals surface area contributed by atoms with E-state index < -0.39 is 0 Å². The summed E-state index contributed by atoms with van der Waals surface area (Å²) in [6.45, 7) is 6.89. The van der Waals surface area contributed by atoms with Gasteiger partial charge in [-0.2, -0.15) is 0 Å². The maximum Gasteiger partial charge on any atom is 0.306 e. The topological polar surface area (TPSA) is 26.3 Å². The summed E-state index contributed by atoms with van der Waals surface area (Å²) < 4.78 is 5.04. The number of ether oxygens (including phenoxy) is 1. The van der Waals surface area contributed by atoms with Gasteiger partial charge in [0.05, 0.1) is 0 Å². The molecule has 0 N–H and O–H groups in total. The van der Waals surface area contributed by atoms with E-state index in [0.717, 1.165) is 25.7 Å². The molecule has 0 amide bonds. The lowest BCUT2D eigenvalue weighted by molar-refractivity contribution is -0.142. The molecule has 2 heteroatoms. The van der Waals surface area contributed by atoms with E-state index in [-0.39, 0.29) is 5.97 Å². The largest absolute Gasteiger partial charge is 0.461 e. The summed E-state index contributed by atoms with van der Waals surface area (Å²) in [6.07, 6.45) is 8.81. The predicted octanol–water partition coefficient (Wildman–Crippen LogP) is 3.71. The Morgan fingerprint density at radius 3 is 2.60 bits per heavy atom. The van der Waals surface area contributed by atoms with Gasteiger partial charge in [0, 0.05) is 6.42 Å². The highest BCUT2D eigenvalue weighted by atomic mass is 16.5. The predicted molar refractivity (Wildman–Crippen MR) is 63.7 cm³/mol. The minimum absolute atomic E-state index is 0.0716. The number of hydrogen-bond donors (Lipinski definition) is 0. The standard InChI is InChI=1S/C13H24O2/c1-4-5-6-10-13(14)15-11-8-7-9-12(2)3/h7-8,12H,4-6,9-11H2,1-3H3/b8-7-. The number of esters is 1. The van der Waals surface area contributed by atoms with E-state index in [9.17, 15) is 4.79 Å². The molecule has 15 heavy (non-hydrogen) atoms. The highest BCUT2D eigenvalue weighted by Crippen LogP contribution is 2.01. The number of hydrogen-bond acceptors (Lipinski definition) is 2. The smallest absolute Gasteiger partial charge is 0.306 e. The maximum atomic E-state index is 11.2. The Bertz CT molecular complexity index is 183. The third-order valence-corrected chi connectivity index (χ3v) is 2.10.